The Morgan fingerprint density at radius 1 is 1.03 bits per heavy atom. The van der Waals surface area contributed by atoms with Gasteiger partial charge in [-0.25, -0.2) is 4.68 Å². The van der Waals surface area contributed by atoms with Gasteiger partial charge in [-0.2, -0.15) is 5.10 Å². The van der Waals surface area contributed by atoms with Gasteiger partial charge in [-0.3, -0.25) is 20.4 Å². The van der Waals surface area contributed by atoms with E-state index < -0.39 is 0 Å². The molecular formula is C22H24N4O2S. The van der Waals surface area contributed by atoms with Crippen LogP contribution >= 0.6 is 11.3 Å². The number of hydrogen-bond donors (Lipinski definition) is 2. The lowest BCUT2D eigenvalue weighted by Crippen LogP contribution is -2.42. The molecule has 4 rings (SSSR count). The van der Waals surface area contributed by atoms with Crippen molar-refractivity contribution in [2.75, 3.05) is 0 Å². The number of rotatable bonds is 4. The smallest absolute Gasteiger partial charge is 0.273 e. The summed E-state index contributed by atoms with van der Waals surface area (Å²) in [6.07, 6.45) is 10.6. The quantitative estimate of drug-likeness (QED) is 0.648. The summed E-state index contributed by atoms with van der Waals surface area (Å²) >= 11 is 1.55. The Labute approximate surface area is 173 Å². The van der Waals surface area contributed by atoms with Crippen LogP contribution in [0.15, 0.2) is 48.8 Å². The predicted molar refractivity (Wildman–Crippen MR) is 113 cm³/mol. The Morgan fingerprint density at radius 2 is 1.83 bits per heavy atom. The molecule has 2 N–H and O–H groups in total. The molecule has 3 aromatic rings. The SMILES string of the molecule is O=C(Cc1cnn(-c2ccccc2)c1)NNC(=O)c1cc2c(s1)CCCCCC2. The third kappa shape index (κ3) is 4.92. The van der Waals surface area contributed by atoms with Crippen LogP contribution < -0.4 is 10.9 Å². The zero-order valence-corrected chi connectivity index (χ0v) is 17.0. The van der Waals surface area contributed by atoms with Gasteiger partial charge in [0.05, 0.1) is 23.2 Å². The molecule has 0 atom stereocenters. The second kappa shape index (κ2) is 9.05. The Hall–Kier alpha value is -2.93. The molecule has 7 heteroatoms. The van der Waals surface area contributed by atoms with Crippen LogP contribution in [0.4, 0.5) is 0 Å². The highest BCUT2D eigenvalue weighted by atomic mass is 32.1. The van der Waals surface area contributed by atoms with Gasteiger partial charge in [0.1, 0.15) is 0 Å². The maximum atomic E-state index is 12.4. The molecule has 1 aromatic carbocycles. The standard InChI is InChI=1S/C22H24N4O2S/c27-21(12-16-14-23-26(15-16)18-9-5-3-6-10-18)24-25-22(28)20-13-17-8-4-1-2-7-11-19(17)29-20/h3,5-6,9-10,13-15H,1-2,4,7-8,11-12H2,(H,24,27)(H,25,28). The minimum absolute atomic E-state index is 0.147. The molecule has 0 bridgehead atoms. The van der Waals surface area contributed by atoms with Crippen LogP contribution in [0.1, 0.15) is 51.4 Å². The van der Waals surface area contributed by atoms with Crippen molar-refractivity contribution < 1.29 is 9.59 Å². The fourth-order valence-corrected chi connectivity index (χ4v) is 4.70. The first-order valence-corrected chi connectivity index (χ1v) is 10.8. The Kier molecular flexibility index (Phi) is 6.05. The Balaban J connectivity index is 1.31. The first-order valence-electron chi connectivity index (χ1n) is 9.99. The number of carbonyl (C=O) groups is 2. The van der Waals surface area contributed by atoms with E-state index in [1.54, 1.807) is 22.2 Å². The van der Waals surface area contributed by atoms with E-state index in [0.717, 1.165) is 24.1 Å². The van der Waals surface area contributed by atoms with Crippen LogP contribution in [0.2, 0.25) is 0 Å². The molecule has 1 aliphatic carbocycles. The monoisotopic (exact) mass is 408 g/mol. The first-order chi connectivity index (χ1) is 14.2. The molecule has 2 amide bonds. The number of fused-ring (bicyclic) bond motifs is 1. The van der Waals surface area contributed by atoms with Crippen molar-refractivity contribution in [3.05, 3.63) is 69.7 Å². The van der Waals surface area contributed by atoms with E-state index in [-0.39, 0.29) is 18.2 Å². The van der Waals surface area contributed by atoms with Crippen LogP contribution in [0.25, 0.3) is 5.69 Å². The lowest BCUT2D eigenvalue weighted by molar-refractivity contribution is -0.121. The lowest BCUT2D eigenvalue weighted by Gasteiger charge is -2.07. The molecule has 150 valence electrons. The van der Waals surface area contributed by atoms with E-state index >= 15 is 0 Å². The normalized spacial score (nSPS) is 13.8. The number of amides is 2. The highest BCUT2D eigenvalue weighted by Crippen LogP contribution is 2.28. The van der Waals surface area contributed by atoms with Gasteiger partial charge in [0, 0.05) is 11.1 Å². The van der Waals surface area contributed by atoms with Gasteiger partial charge in [0.2, 0.25) is 5.91 Å². The lowest BCUT2D eigenvalue weighted by atomic mass is 10.00. The third-order valence-electron chi connectivity index (χ3n) is 5.06. The number of nitrogens with zero attached hydrogens (tertiary/aromatic N) is 2. The average Bonchev–Trinajstić information content (AvgIpc) is 3.34. The van der Waals surface area contributed by atoms with Crippen molar-refractivity contribution in [2.45, 2.75) is 44.9 Å². The van der Waals surface area contributed by atoms with Crippen LogP contribution in [-0.2, 0) is 24.1 Å². The van der Waals surface area contributed by atoms with Crippen molar-refractivity contribution in [1.29, 1.82) is 0 Å². The van der Waals surface area contributed by atoms with Crippen molar-refractivity contribution in [3.8, 4) is 5.69 Å². The van der Waals surface area contributed by atoms with E-state index in [1.807, 2.05) is 42.6 Å². The fourth-order valence-electron chi connectivity index (χ4n) is 3.55. The Morgan fingerprint density at radius 3 is 2.66 bits per heavy atom. The molecule has 1 aliphatic rings. The second-order valence-corrected chi connectivity index (χ2v) is 8.42. The second-order valence-electron chi connectivity index (χ2n) is 7.28. The first kappa shape index (κ1) is 19.4. The topological polar surface area (TPSA) is 76.0 Å². The summed E-state index contributed by atoms with van der Waals surface area (Å²) in [5.41, 5.74) is 8.06. The summed E-state index contributed by atoms with van der Waals surface area (Å²) in [5.74, 6) is -0.532. The molecule has 0 aliphatic heterocycles. The Bertz CT molecular complexity index is 968. The molecule has 0 saturated carbocycles. The molecule has 0 spiro atoms. The third-order valence-corrected chi connectivity index (χ3v) is 6.29. The number of carbonyl (C=O) groups excluding carboxylic acids is 2. The van der Waals surface area contributed by atoms with Gasteiger partial charge in [-0.1, -0.05) is 31.0 Å². The van der Waals surface area contributed by atoms with Gasteiger partial charge in [0.15, 0.2) is 0 Å². The maximum absolute atomic E-state index is 12.4. The van der Waals surface area contributed by atoms with E-state index in [1.165, 1.54) is 36.1 Å². The van der Waals surface area contributed by atoms with Crippen LogP contribution in [0.3, 0.4) is 0 Å². The van der Waals surface area contributed by atoms with Crippen molar-refractivity contribution >= 4 is 23.2 Å². The minimum atomic E-state index is -0.277. The predicted octanol–water partition coefficient (Wildman–Crippen LogP) is 3.60. The van der Waals surface area contributed by atoms with Gasteiger partial charge in [0.25, 0.3) is 5.91 Å². The van der Waals surface area contributed by atoms with Gasteiger partial charge in [-0.15, -0.1) is 11.3 Å². The number of thiophene rings is 1. The summed E-state index contributed by atoms with van der Waals surface area (Å²) < 4.78 is 1.72. The van der Waals surface area contributed by atoms with Crippen LogP contribution in [0, 0.1) is 0 Å². The number of para-hydroxylation sites is 1. The largest absolute Gasteiger partial charge is 0.279 e. The minimum Gasteiger partial charge on any atom is -0.273 e. The summed E-state index contributed by atoms with van der Waals surface area (Å²) in [5, 5.41) is 4.29. The van der Waals surface area contributed by atoms with E-state index in [9.17, 15) is 9.59 Å². The molecule has 0 unspecified atom stereocenters. The molecule has 29 heavy (non-hydrogen) atoms. The molecule has 2 heterocycles. The number of hydrazine groups is 1. The van der Waals surface area contributed by atoms with Gasteiger partial charge >= 0.3 is 0 Å². The average molecular weight is 409 g/mol. The van der Waals surface area contributed by atoms with Crippen molar-refractivity contribution in [1.82, 2.24) is 20.6 Å². The van der Waals surface area contributed by atoms with Crippen LogP contribution in [-0.4, -0.2) is 21.6 Å². The van der Waals surface area contributed by atoms with E-state index in [4.69, 9.17) is 0 Å². The molecule has 0 radical (unpaired) electrons. The number of hydrogen-bond acceptors (Lipinski definition) is 4. The van der Waals surface area contributed by atoms with Gasteiger partial charge < -0.3 is 0 Å². The van der Waals surface area contributed by atoms with E-state index in [0.29, 0.717) is 4.88 Å². The molecule has 6 nitrogen and oxygen atoms in total. The molecule has 2 aromatic heterocycles. The summed E-state index contributed by atoms with van der Waals surface area (Å²) in [4.78, 5) is 26.6. The highest BCUT2D eigenvalue weighted by molar-refractivity contribution is 7.14. The van der Waals surface area contributed by atoms with E-state index in [2.05, 4.69) is 16.0 Å². The summed E-state index contributed by atoms with van der Waals surface area (Å²) in [6, 6.07) is 11.7. The number of aromatic nitrogens is 2. The maximum Gasteiger partial charge on any atom is 0.279 e. The van der Waals surface area contributed by atoms with Crippen molar-refractivity contribution in [3.63, 3.8) is 0 Å². The van der Waals surface area contributed by atoms with Gasteiger partial charge in [-0.05, 0) is 55.0 Å². The molecular weight excluding hydrogens is 384 g/mol. The number of nitrogens with one attached hydrogen (secondary N) is 2. The zero-order chi connectivity index (χ0) is 20.1. The number of benzene rings is 1. The van der Waals surface area contributed by atoms with Crippen molar-refractivity contribution in [2.24, 2.45) is 0 Å². The summed E-state index contributed by atoms with van der Waals surface area (Å²) in [6.45, 7) is 0. The summed E-state index contributed by atoms with van der Waals surface area (Å²) in [7, 11) is 0. The highest BCUT2D eigenvalue weighted by Gasteiger charge is 2.16. The zero-order valence-electron chi connectivity index (χ0n) is 16.2. The number of aryl methyl sites for hydroxylation is 2. The molecule has 0 fully saturated rings. The fraction of sp³-hybridized carbons (Fsp3) is 0.318. The molecule has 0 saturated heterocycles. The van der Waals surface area contributed by atoms with Crippen LogP contribution in [0.5, 0.6) is 0 Å².